The maximum atomic E-state index is 14.1. The molecular formula is C30H34F3N5O4. The van der Waals surface area contributed by atoms with Crippen molar-refractivity contribution in [3.8, 4) is 0 Å². The number of likely N-dealkylation sites (N-methyl/N-ethyl adjacent to an activating group) is 1. The number of ether oxygens (including phenoxy) is 1. The first kappa shape index (κ1) is 29.6. The van der Waals surface area contributed by atoms with Crippen molar-refractivity contribution in [2.75, 3.05) is 52.5 Å². The molecule has 2 N–H and O–H groups in total. The van der Waals surface area contributed by atoms with Crippen LogP contribution in [-0.2, 0) is 26.9 Å². The van der Waals surface area contributed by atoms with Gasteiger partial charge in [-0.3, -0.25) is 19.4 Å². The number of urea groups is 1. The van der Waals surface area contributed by atoms with Gasteiger partial charge in [0.2, 0.25) is 5.91 Å². The second kappa shape index (κ2) is 12.5. The highest BCUT2D eigenvalue weighted by Gasteiger charge is 2.48. The van der Waals surface area contributed by atoms with Crippen molar-refractivity contribution in [3.05, 3.63) is 82.6 Å². The van der Waals surface area contributed by atoms with Crippen molar-refractivity contribution in [3.63, 3.8) is 0 Å². The fourth-order valence-electron chi connectivity index (χ4n) is 5.80. The van der Waals surface area contributed by atoms with Gasteiger partial charge in [0.05, 0.1) is 42.6 Å². The Kier molecular flexibility index (Phi) is 8.83. The number of nitrogens with zero attached hydrogens (tertiary/aromatic N) is 3. The molecule has 0 spiro atoms. The standard InChI is InChI=1S/C30H34F3N5O4/c1-2-37-24-19-38(28(40)25(24)26(35-29(37)41)21-10-6-7-11-22(21)30(31,32)33)23(18-20-8-4-3-5-9-20)27(39)34-12-13-36-14-16-42-17-15-36/h3-11,23,26H,2,12-19H2,1H3,(H,34,39)(H,35,41)/t23-,26+/m0/s1. The van der Waals surface area contributed by atoms with E-state index in [0.29, 0.717) is 32.0 Å². The fraction of sp³-hybridized carbons (Fsp3) is 0.433. The molecule has 4 amide bonds. The van der Waals surface area contributed by atoms with Gasteiger partial charge in [-0.2, -0.15) is 13.2 Å². The average molecular weight is 586 g/mol. The van der Waals surface area contributed by atoms with Crippen LogP contribution in [0.2, 0.25) is 0 Å². The first-order valence-electron chi connectivity index (χ1n) is 14.1. The van der Waals surface area contributed by atoms with Crippen LogP contribution < -0.4 is 10.6 Å². The third kappa shape index (κ3) is 6.14. The molecule has 2 aromatic rings. The lowest BCUT2D eigenvalue weighted by Crippen LogP contribution is -2.51. The Bertz CT molecular complexity index is 1340. The zero-order valence-electron chi connectivity index (χ0n) is 23.3. The van der Waals surface area contributed by atoms with E-state index in [9.17, 15) is 27.6 Å². The fourth-order valence-corrected chi connectivity index (χ4v) is 5.80. The second-order valence-corrected chi connectivity index (χ2v) is 10.5. The van der Waals surface area contributed by atoms with Gasteiger partial charge in [-0.05, 0) is 24.1 Å². The van der Waals surface area contributed by atoms with Crippen LogP contribution in [0.4, 0.5) is 18.0 Å². The zero-order chi connectivity index (χ0) is 29.9. The molecule has 2 atom stereocenters. The van der Waals surface area contributed by atoms with Crippen LogP contribution in [0, 0.1) is 0 Å². The Morgan fingerprint density at radius 3 is 2.45 bits per heavy atom. The molecule has 3 aliphatic heterocycles. The maximum Gasteiger partial charge on any atom is 0.416 e. The number of carbonyl (C=O) groups is 3. The van der Waals surface area contributed by atoms with Gasteiger partial charge in [-0.1, -0.05) is 48.5 Å². The largest absolute Gasteiger partial charge is 0.416 e. The molecule has 0 aliphatic carbocycles. The SMILES string of the molecule is CCN1C(=O)N[C@H](c2ccccc2C(F)(F)F)C2=C1CN([C@@H](Cc1ccccc1)C(=O)NCCN1CCOCC1)C2=O. The monoisotopic (exact) mass is 585 g/mol. The van der Waals surface area contributed by atoms with E-state index in [1.807, 2.05) is 30.3 Å². The number of rotatable bonds is 9. The van der Waals surface area contributed by atoms with Crippen LogP contribution in [0.15, 0.2) is 65.9 Å². The quantitative estimate of drug-likeness (QED) is 0.472. The predicted octanol–water partition coefficient (Wildman–Crippen LogP) is 2.95. The Morgan fingerprint density at radius 1 is 1.07 bits per heavy atom. The van der Waals surface area contributed by atoms with E-state index in [1.54, 1.807) is 6.92 Å². The molecule has 1 saturated heterocycles. The minimum atomic E-state index is -4.69. The molecule has 224 valence electrons. The second-order valence-electron chi connectivity index (χ2n) is 10.5. The molecule has 0 aromatic heterocycles. The number of hydrogen-bond acceptors (Lipinski definition) is 5. The number of hydrogen-bond donors (Lipinski definition) is 2. The molecule has 12 heteroatoms. The minimum Gasteiger partial charge on any atom is -0.379 e. The smallest absolute Gasteiger partial charge is 0.379 e. The Morgan fingerprint density at radius 2 is 1.76 bits per heavy atom. The normalized spacial score (nSPS) is 20.4. The van der Waals surface area contributed by atoms with Crippen molar-refractivity contribution in [2.24, 2.45) is 0 Å². The maximum absolute atomic E-state index is 14.1. The van der Waals surface area contributed by atoms with E-state index in [1.165, 1.54) is 28.0 Å². The highest BCUT2D eigenvalue weighted by atomic mass is 19.4. The predicted molar refractivity (Wildman–Crippen MR) is 148 cm³/mol. The van der Waals surface area contributed by atoms with Crippen LogP contribution in [0.5, 0.6) is 0 Å². The van der Waals surface area contributed by atoms with Gasteiger partial charge in [0.15, 0.2) is 0 Å². The molecule has 3 aliphatic rings. The van der Waals surface area contributed by atoms with Crippen LogP contribution >= 0.6 is 0 Å². The molecule has 0 unspecified atom stereocenters. The van der Waals surface area contributed by atoms with E-state index < -0.39 is 35.8 Å². The van der Waals surface area contributed by atoms with E-state index in [4.69, 9.17) is 4.74 Å². The Hall–Kier alpha value is -3.90. The third-order valence-corrected chi connectivity index (χ3v) is 7.92. The van der Waals surface area contributed by atoms with Gasteiger partial charge < -0.3 is 20.3 Å². The summed E-state index contributed by atoms with van der Waals surface area (Å²) >= 11 is 0. The molecule has 0 saturated carbocycles. The lowest BCUT2D eigenvalue weighted by Gasteiger charge is -2.33. The summed E-state index contributed by atoms with van der Waals surface area (Å²) in [5.41, 5.74) is 0.0372. The first-order chi connectivity index (χ1) is 20.2. The van der Waals surface area contributed by atoms with Gasteiger partial charge in [-0.15, -0.1) is 0 Å². The summed E-state index contributed by atoms with van der Waals surface area (Å²) in [7, 11) is 0. The van der Waals surface area contributed by atoms with Crippen molar-refractivity contribution in [2.45, 2.75) is 31.6 Å². The van der Waals surface area contributed by atoms with Crippen molar-refractivity contribution in [1.82, 2.24) is 25.3 Å². The van der Waals surface area contributed by atoms with E-state index in [-0.39, 0.29) is 36.6 Å². The summed E-state index contributed by atoms with van der Waals surface area (Å²) < 4.78 is 47.4. The topological polar surface area (TPSA) is 94.2 Å². The van der Waals surface area contributed by atoms with Crippen molar-refractivity contribution >= 4 is 17.8 Å². The minimum absolute atomic E-state index is 0.0485. The van der Waals surface area contributed by atoms with E-state index >= 15 is 0 Å². The summed E-state index contributed by atoms with van der Waals surface area (Å²) in [6, 6.07) is 11.3. The molecular weight excluding hydrogens is 551 g/mol. The number of nitrogens with one attached hydrogen (secondary N) is 2. The van der Waals surface area contributed by atoms with Crippen LogP contribution in [0.25, 0.3) is 0 Å². The number of halogens is 3. The number of morpholine rings is 1. The van der Waals surface area contributed by atoms with Gasteiger partial charge >= 0.3 is 12.2 Å². The third-order valence-electron chi connectivity index (χ3n) is 7.92. The molecule has 0 bridgehead atoms. The van der Waals surface area contributed by atoms with Gasteiger partial charge in [0, 0.05) is 39.1 Å². The summed E-state index contributed by atoms with van der Waals surface area (Å²) in [4.78, 5) is 45.8. The van der Waals surface area contributed by atoms with E-state index in [0.717, 1.165) is 24.7 Å². The summed E-state index contributed by atoms with van der Waals surface area (Å²) in [6.07, 6.45) is -4.49. The highest BCUT2D eigenvalue weighted by molar-refractivity contribution is 6.03. The molecule has 1 fully saturated rings. The van der Waals surface area contributed by atoms with Crippen LogP contribution in [0.3, 0.4) is 0 Å². The average Bonchev–Trinajstić information content (AvgIpc) is 3.32. The number of alkyl halides is 3. The number of benzene rings is 2. The highest BCUT2D eigenvalue weighted by Crippen LogP contribution is 2.42. The molecule has 42 heavy (non-hydrogen) atoms. The summed E-state index contributed by atoms with van der Waals surface area (Å²) in [5, 5.41) is 5.58. The zero-order valence-corrected chi connectivity index (χ0v) is 23.3. The first-order valence-corrected chi connectivity index (χ1v) is 14.1. The molecule has 5 rings (SSSR count). The Labute approximate surface area is 242 Å². The Balaban J connectivity index is 1.45. The summed E-state index contributed by atoms with van der Waals surface area (Å²) in [5.74, 6) is -0.940. The van der Waals surface area contributed by atoms with Gasteiger partial charge in [-0.25, -0.2) is 4.79 Å². The molecule has 9 nitrogen and oxygen atoms in total. The van der Waals surface area contributed by atoms with Crippen molar-refractivity contribution in [1.29, 1.82) is 0 Å². The molecule has 3 heterocycles. The lowest BCUT2D eigenvalue weighted by atomic mass is 9.91. The number of amides is 4. The van der Waals surface area contributed by atoms with Crippen LogP contribution in [0.1, 0.15) is 29.7 Å². The summed E-state index contributed by atoms with van der Waals surface area (Å²) in [6.45, 7) is 5.62. The molecule has 0 radical (unpaired) electrons. The van der Waals surface area contributed by atoms with E-state index in [2.05, 4.69) is 15.5 Å². The van der Waals surface area contributed by atoms with Crippen LogP contribution in [-0.4, -0.2) is 91.1 Å². The van der Waals surface area contributed by atoms with Gasteiger partial charge in [0.1, 0.15) is 6.04 Å². The molecule has 2 aromatic carbocycles. The lowest BCUT2D eigenvalue weighted by molar-refractivity contribution is -0.138. The van der Waals surface area contributed by atoms with Gasteiger partial charge in [0.25, 0.3) is 5.91 Å². The van der Waals surface area contributed by atoms with Crippen molar-refractivity contribution < 1.29 is 32.3 Å². The number of carbonyl (C=O) groups excluding carboxylic acids is 3.